The Morgan fingerprint density at radius 2 is 2.00 bits per heavy atom. The van der Waals surface area contributed by atoms with Gasteiger partial charge >= 0.3 is 0 Å². The van der Waals surface area contributed by atoms with E-state index in [9.17, 15) is 8.78 Å². The van der Waals surface area contributed by atoms with Crippen LogP contribution in [0, 0.1) is 11.6 Å². The minimum atomic E-state index is -0.539. The monoisotopic (exact) mass is 193 g/mol. The molecule has 1 N–H and O–H groups in total. The van der Waals surface area contributed by atoms with E-state index in [0.717, 1.165) is 6.07 Å². The zero-order valence-corrected chi connectivity index (χ0v) is 7.42. The van der Waals surface area contributed by atoms with E-state index in [2.05, 4.69) is 5.32 Å². The first kappa shape index (κ1) is 11.3. The van der Waals surface area contributed by atoms with Gasteiger partial charge in [-0.15, -0.1) is 12.4 Å². The molecule has 0 fully saturated rings. The zero-order valence-electron chi connectivity index (χ0n) is 6.60. The Morgan fingerprint density at radius 3 is 2.50 bits per heavy atom. The van der Waals surface area contributed by atoms with Gasteiger partial charge in [0, 0.05) is 18.2 Å². The van der Waals surface area contributed by atoms with Crippen LogP contribution < -0.4 is 5.32 Å². The SMILES string of the molecule is CNCc1ccc(F)cc1F.Cl. The maximum absolute atomic E-state index is 12.8. The molecule has 1 aromatic rings. The highest BCUT2D eigenvalue weighted by atomic mass is 35.5. The van der Waals surface area contributed by atoms with Crippen molar-refractivity contribution in [2.24, 2.45) is 0 Å². The van der Waals surface area contributed by atoms with Crippen molar-refractivity contribution in [2.75, 3.05) is 7.05 Å². The molecule has 0 radical (unpaired) electrons. The summed E-state index contributed by atoms with van der Waals surface area (Å²) in [5.41, 5.74) is 0.480. The number of rotatable bonds is 2. The van der Waals surface area contributed by atoms with Gasteiger partial charge in [-0.2, -0.15) is 0 Å². The van der Waals surface area contributed by atoms with Crippen LogP contribution in [0.3, 0.4) is 0 Å². The van der Waals surface area contributed by atoms with E-state index in [1.807, 2.05) is 0 Å². The Labute approximate surface area is 76.2 Å². The number of halogens is 3. The molecule has 0 aliphatic heterocycles. The normalized spacial score (nSPS) is 9.25. The molecule has 0 aliphatic rings. The quantitative estimate of drug-likeness (QED) is 0.759. The third kappa shape index (κ3) is 2.75. The average Bonchev–Trinajstić information content (AvgIpc) is 1.95. The van der Waals surface area contributed by atoms with Gasteiger partial charge in [0.25, 0.3) is 0 Å². The maximum Gasteiger partial charge on any atom is 0.130 e. The number of hydrogen-bond donors (Lipinski definition) is 1. The molecule has 0 heterocycles. The molecule has 4 heteroatoms. The number of benzene rings is 1. The van der Waals surface area contributed by atoms with Gasteiger partial charge in [0.1, 0.15) is 11.6 Å². The molecule has 1 aromatic carbocycles. The smallest absolute Gasteiger partial charge is 0.130 e. The summed E-state index contributed by atoms with van der Waals surface area (Å²) in [5, 5.41) is 2.78. The highest BCUT2D eigenvalue weighted by Crippen LogP contribution is 2.08. The summed E-state index contributed by atoms with van der Waals surface area (Å²) in [4.78, 5) is 0. The van der Waals surface area contributed by atoms with E-state index in [-0.39, 0.29) is 12.4 Å². The van der Waals surface area contributed by atoms with E-state index in [1.54, 1.807) is 7.05 Å². The van der Waals surface area contributed by atoms with Gasteiger partial charge in [-0.1, -0.05) is 6.07 Å². The Bertz CT molecular complexity index is 253. The lowest BCUT2D eigenvalue weighted by molar-refractivity contribution is 0.567. The molecule has 68 valence electrons. The van der Waals surface area contributed by atoms with Crippen LogP contribution in [0.1, 0.15) is 5.56 Å². The Hall–Kier alpha value is -0.670. The number of hydrogen-bond acceptors (Lipinski definition) is 1. The molecule has 0 atom stereocenters. The molecule has 0 saturated heterocycles. The second-order valence-corrected chi connectivity index (χ2v) is 2.27. The van der Waals surface area contributed by atoms with Crippen molar-refractivity contribution < 1.29 is 8.78 Å². The van der Waals surface area contributed by atoms with Crippen LogP contribution >= 0.6 is 12.4 Å². The second kappa shape index (κ2) is 5.06. The van der Waals surface area contributed by atoms with Gasteiger partial charge in [-0.25, -0.2) is 8.78 Å². The van der Waals surface area contributed by atoms with E-state index >= 15 is 0 Å². The van der Waals surface area contributed by atoms with Crippen LogP contribution in [0.25, 0.3) is 0 Å². The lowest BCUT2D eigenvalue weighted by Crippen LogP contribution is -2.06. The molecule has 0 saturated carbocycles. The van der Waals surface area contributed by atoms with Crippen molar-refractivity contribution in [3.8, 4) is 0 Å². The second-order valence-electron chi connectivity index (χ2n) is 2.27. The summed E-state index contributed by atoms with van der Waals surface area (Å²) in [7, 11) is 1.71. The summed E-state index contributed by atoms with van der Waals surface area (Å²) < 4.78 is 25.1. The predicted octanol–water partition coefficient (Wildman–Crippen LogP) is 2.11. The summed E-state index contributed by atoms with van der Waals surface area (Å²) in [5.74, 6) is -1.04. The molecule has 0 aliphatic carbocycles. The summed E-state index contributed by atoms with van der Waals surface area (Å²) in [6.07, 6.45) is 0. The van der Waals surface area contributed by atoms with E-state index in [0.29, 0.717) is 12.1 Å². The Kier molecular flexibility index (Phi) is 4.78. The van der Waals surface area contributed by atoms with E-state index in [4.69, 9.17) is 0 Å². The van der Waals surface area contributed by atoms with E-state index in [1.165, 1.54) is 12.1 Å². The fourth-order valence-corrected chi connectivity index (χ4v) is 0.855. The average molecular weight is 194 g/mol. The maximum atomic E-state index is 12.8. The highest BCUT2D eigenvalue weighted by molar-refractivity contribution is 5.85. The van der Waals surface area contributed by atoms with Crippen LogP contribution in [0.4, 0.5) is 8.78 Å². The van der Waals surface area contributed by atoms with Crippen molar-refractivity contribution >= 4 is 12.4 Å². The van der Waals surface area contributed by atoms with Crippen molar-refractivity contribution in [3.05, 3.63) is 35.4 Å². The van der Waals surface area contributed by atoms with Gasteiger partial charge in [-0.3, -0.25) is 0 Å². The lowest BCUT2D eigenvalue weighted by atomic mass is 10.2. The van der Waals surface area contributed by atoms with Gasteiger partial charge in [0.05, 0.1) is 0 Å². The van der Waals surface area contributed by atoms with Gasteiger partial charge < -0.3 is 5.32 Å². The third-order valence-corrected chi connectivity index (χ3v) is 1.38. The first-order valence-electron chi connectivity index (χ1n) is 3.32. The fraction of sp³-hybridized carbons (Fsp3) is 0.250. The summed E-state index contributed by atoms with van der Waals surface area (Å²) in [6.45, 7) is 0.423. The van der Waals surface area contributed by atoms with Crippen molar-refractivity contribution in [1.29, 1.82) is 0 Å². The lowest BCUT2D eigenvalue weighted by Gasteiger charge is -2.00. The van der Waals surface area contributed by atoms with Gasteiger partial charge in [0.2, 0.25) is 0 Å². The van der Waals surface area contributed by atoms with Crippen LogP contribution in [-0.4, -0.2) is 7.05 Å². The van der Waals surface area contributed by atoms with Crippen LogP contribution in [-0.2, 0) is 6.54 Å². The van der Waals surface area contributed by atoms with Gasteiger partial charge in [0.15, 0.2) is 0 Å². The largest absolute Gasteiger partial charge is 0.316 e. The first-order valence-corrected chi connectivity index (χ1v) is 3.32. The van der Waals surface area contributed by atoms with Crippen LogP contribution in [0.2, 0.25) is 0 Å². The van der Waals surface area contributed by atoms with E-state index < -0.39 is 11.6 Å². The topological polar surface area (TPSA) is 12.0 Å². The molecule has 0 aromatic heterocycles. The molecule has 12 heavy (non-hydrogen) atoms. The molecule has 1 rings (SSSR count). The Balaban J connectivity index is 0.00000121. The Morgan fingerprint density at radius 1 is 1.33 bits per heavy atom. The molecule has 0 bridgehead atoms. The third-order valence-electron chi connectivity index (χ3n) is 1.38. The molecule has 0 unspecified atom stereocenters. The van der Waals surface area contributed by atoms with Crippen molar-refractivity contribution in [3.63, 3.8) is 0 Å². The summed E-state index contributed by atoms with van der Waals surface area (Å²) >= 11 is 0. The summed E-state index contributed by atoms with van der Waals surface area (Å²) in [6, 6.07) is 3.56. The van der Waals surface area contributed by atoms with Crippen LogP contribution in [0.15, 0.2) is 18.2 Å². The standard InChI is InChI=1S/C8H9F2N.ClH/c1-11-5-6-2-3-7(9)4-8(6)10;/h2-4,11H,5H2,1H3;1H. The molecular formula is C8H10ClF2N. The molecular weight excluding hydrogens is 184 g/mol. The van der Waals surface area contributed by atoms with Gasteiger partial charge in [-0.05, 0) is 13.1 Å². The molecule has 0 spiro atoms. The van der Waals surface area contributed by atoms with Crippen LogP contribution in [0.5, 0.6) is 0 Å². The minimum Gasteiger partial charge on any atom is -0.316 e. The highest BCUT2D eigenvalue weighted by Gasteiger charge is 2.00. The predicted molar refractivity (Wildman–Crippen MR) is 46.4 cm³/mol. The fourth-order valence-electron chi connectivity index (χ4n) is 0.855. The first-order chi connectivity index (χ1) is 5.24. The minimum absolute atomic E-state index is 0. The van der Waals surface area contributed by atoms with Crippen molar-refractivity contribution in [1.82, 2.24) is 5.32 Å². The molecule has 1 nitrogen and oxygen atoms in total. The molecule has 0 amide bonds. The number of nitrogens with one attached hydrogen (secondary N) is 1. The van der Waals surface area contributed by atoms with Crippen molar-refractivity contribution in [2.45, 2.75) is 6.54 Å². The zero-order chi connectivity index (χ0) is 8.27.